The van der Waals surface area contributed by atoms with Crippen molar-refractivity contribution in [2.75, 3.05) is 13.2 Å². The smallest absolute Gasteiger partial charge is 0.408 e. The Labute approximate surface area is 108 Å². The number of Topliss-reactive ketones (excluding diaryl/α,β-unsaturated/α-hetero) is 1. The van der Waals surface area contributed by atoms with E-state index >= 15 is 0 Å². The zero-order valence-electron chi connectivity index (χ0n) is 11.6. The van der Waals surface area contributed by atoms with Gasteiger partial charge in [0.1, 0.15) is 6.10 Å². The first-order valence-electron chi connectivity index (χ1n) is 6.50. The van der Waals surface area contributed by atoms with Gasteiger partial charge in [0.2, 0.25) is 0 Å². The van der Waals surface area contributed by atoms with Gasteiger partial charge in [0, 0.05) is 12.3 Å². The molecule has 5 heteroatoms. The number of carbonyl (C=O) groups excluding carboxylic acids is 2. The zero-order valence-corrected chi connectivity index (χ0v) is 11.6. The van der Waals surface area contributed by atoms with Gasteiger partial charge in [-0.25, -0.2) is 4.79 Å². The van der Waals surface area contributed by atoms with E-state index in [0.717, 1.165) is 6.42 Å². The summed E-state index contributed by atoms with van der Waals surface area (Å²) < 4.78 is 10.3. The summed E-state index contributed by atoms with van der Waals surface area (Å²) in [4.78, 5) is 23.7. The van der Waals surface area contributed by atoms with Crippen molar-refractivity contribution in [3.05, 3.63) is 0 Å². The average Bonchev–Trinajstić information content (AvgIpc) is 2.77. The second-order valence-corrected chi connectivity index (χ2v) is 5.31. The average molecular weight is 257 g/mol. The van der Waals surface area contributed by atoms with Crippen LogP contribution in [0.1, 0.15) is 34.1 Å². The highest BCUT2D eigenvalue weighted by Gasteiger charge is 2.28. The zero-order chi connectivity index (χ0) is 13.7. The van der Waals surface area contributed by atoms with Crippen LogP contribution in [0.4, 0.5) is 4.79 Å². The number of ketones is 1. The van der Waals surface area contributed by atoms with Gasteiger partial charge in [-0.1, -0.05) is 27.7 Å². The Kier molecular flexibility index (Phi) is 5.59. The van der Waals surface area contributed by atoms with E-state index in [1.54, 1.807) is 0 Å². The van der Waals surface area contributed by atoms with Crippen molar-refractivity contribution < 1.29 is 19.1 Å². The molecule has 2 atom stereocenters. The molecule has 1 rings (SSSR count). The molecule has 0 radical (unpaired) electrons. The molecule has 1 aliphatic rings. The molecule has 0 unspecified atom stereocenters. The first kappa shape index (κ1) is 15.0. The fourth-order valence-corrected chi connectivity index (χ4v) is 1.84. The molecule has 0 aromatic rings. The van der Waals surface area contributed by atoms with Crippen molar-refractivity contribution in [2.45, 2.75) is 46.3 Å². The number of rotatable bonds is 5. The number of alkyl carbamates (subject to hydrolysis) is 1. The monoisotopic (exact) mass is 257 g/mol. The Balaban J connectivity index is 2.49. The summed E-state index contributed by atoms with van der Waals surface area (Å²) in [7, 11) is 0. The summed E-state index contributed by atoms with van der Waals surface area (Å²) in [6.45, 7) is 8.53. The van der Waals surface area contributed by atoms with E-state index in [4.69, 9.17) is 9.47 Å². The van der Waals surface area contributed by atoms with Gasteiger partial charge in [-0.2, -0.15) is 0 Å². The van der Waals surface area contributed by atoms with Crippen molar-refractivity contribution in [1.82, 2.24) is 5.32 Å². The molecule has 1 saturated heterocycles. The van der Waals surface area contributed by atoms with Gasteiger partial charge in [-0.15, -0.1) is 0 Å². The van der Waals surface area contributed by atoms with E-state index in [1.165, 1.54) is 0 Å². The van der Waals surface area contributed by atoms with Crippen LogP contribution in [0.5, 0.6) is 0 Å². The minimum Gasteiger partial charge on any atom is -0.444 e. The van der Waals surface area contributed by atoms with E-state index in [-0.39, 0.29) is 23.7 Å². The van der Waals surface area contributed by atoms with Crippen LogP contribution in [0, 0.1) is 11.8 Å². The third kappa shape index (κ3) is 4.29. The molecule has 0 spiro atoms. The Hall–Kier alpha value is -1.10. The van der Waals surface area contributed by atoms with Crippen LogP contribution in [0.25, 0.3) is 0 Å². The van der Waals surface area contributed by atoms with Gasteiger partial charge >= 0.3 is 6.09 Å². The molecule has 0 aliphatic carbocycles. The van der Waals surface area contributed by atoms with Crippen LogP contribution in [-0.2, 0) is 14.3 Å². The molecule has 5 nitrogen and oxygen atoms in total. The fraction of sp³-hybridized carbons (Fsp3) is 0.846. The Morgan fingerprint density at radius 1 is 1.28 bits per heavy atom. The lowest BCUT2D eigenvalue weighted by atomic mass is 9.93. The van der Waals surface area contributed by atoms with Crippen LogP contribution >= 0.6 is 0 Å². The van der Waals surface area contributed by atoms with Crippen molar-refractivity contribution in [2.24, 2.45) is 11.8 Å². The molecule has 1 aliphatic heterocycles. The predicted octanol–water partition coefficient (Wildman–Crippen LogP) is 1.75. The maximum atomic E-state index is 12.0. The Morgan fingerprint density at radius 2 is 1.94 bits per heavy atom. The third-order valence-corrected chi connectivity index (χ3v) is 2.98. The van der Waals surface area contributed by atoms with Crippen LogP contribution in [0.3, 0.4) is 0 Å². The van der Waals surface area contributed by atoms with Crippen molar-refractivity contribution in [3.63, 3.8) is 0 Å². The van der Waals surface area contributed by atoms with Crippen LogP contribution in [0.2, 0.25) is 0 Å². The van der Waals surface area contributed by atoms with E-state index in [9.17, 15) is 9.59 Å². The number of hydrogen-bond acceptors (Lipinski definition) is 4. The quantitative estimate of drug-likeness (QED) is 0.815. The summed E-state index contributed by atoms with van der Waals surface area (Å²) in [6, 6.07) is -0.486. The normalized spacial score (nSPS) is 21.1. The van der Waals surface area contributed by atoms with Gasteiger partial charge in [-0.05, 0) is 5.92 Å². The minimum absolute atomic E-state index is 0.0321. The van der Waals surface area contributed by atoms with Crippen LogP contribution in [0.15, 0.2) is 0 Å². The maximum absolute atomic E-state index is 12.0. The second-order valence-electron chi connectivity index (χ2n) is 5.31. The lowest BCUT2D eigenvalue weighted by Crippen LogP contribution is -2.47. The van der Waals surface area contributed by atoms with Crippen LogP contribution < -0.4 is 5.32 Å². The van der Waals surface area contributed by atoms with E-state index in [2.05, 4.69) is 5.32 Å². The molecule has 18 heavy (non-hydrogen) atoms. The lowest BCUT2D eigenvalue weighted by Gasteiger charge is -2.23. The van der Waals surface area contributed by atoms with Crippen molar-refractivity contribution in [1.29, 1.82) is 0 Å². The first-order valence-corrected chi connectivity index (χ1v) is 6.50. The fourth-order valence-electron chi connectivity index (χ4n) is 1.84. The first-order chi connectivity index (χ1) is 8.41. The van der Waals surface area contributed by atoms with Crippen molar-refractivity contribution in [3.8, 4) is 0 Å². The molecule has 0 bridgehead atoms. The molecule has 1 amide bonds. The molecule has 1 N–H and O–H groups in total. The summed E-state index contributed by atoms with van der Waals surface area (Å²) in [5, 5.41) is 2.66. The summed E-state index contributed by atoms with van der Waals surface area (Å²) >= 11 is 0. The van der Waals surface area contributed by atoms with Gasteiger partial charge < -0.3 is 14.8 Å². The maximum Gasteiger partial charge on any atom is 0.408 e. The summed E-state index contributed by atoms with van der Waals surface area (Å²) in [5.74, 6) is -0.0237. The second kappa shape index (κ2) is 6.73. The SMILES string of the molecule is CC(C)C(=O)[C@@H](NC(=O)O[C@@H]1CCOC1)C(C)C. The Morgan fingerprint density at radius 3 is 2.39 bits per heavy atom. The molecule has 1 fully saturated rings. The largest absolute Gasteiger partial charge is 0.444 e. The minimum atomic E-state index is -0.529. The molecule has 0 aromatic heterocycles. The molecular weight excluding hydrogens is 234 g/mol. The molecule has 0 saturated carbocycles. The van der Waals surface area contributed by atoms with E-state index in [0.29, 0.717) is 13.2 Å². The summed E-state index contributed by atoms with van der Waals surface area (Å²) in [6.07, 6.45) is 0.00269. The van der Waals surface area contributed by atoms with Gasteiger partial charge in [0.15, 0.2) is 5.78 Å². The Bertz CT molecular complexity index is 295. The number of carbonyl (C=O) groups is 2. The molecule has 1 heterocycles. The van der Waals surface area contributed by atoms with Gasteiger partial charge in [0.25, 0.3) is 0 Å². The molecule has 0 aromatic carbocycles. The summed E-state index contributed by atoms with van der Waals surface area (Å²) in [5.41, 5.74) is 0. The molecule has 104 valence electrons. The van der Waals surface area contributed by atoms with Gasteiger partial charge in [0.05, 0.1) is 19.3 Å². The molecular formula is C13H23NO4. The van der Waals surface area contributed by atoms with Crippen molar-refractivity contribution >= 4 is 11.9 Å². The lowest BCUT2D eigenvalue weighted by molar-refractivity contribution is -0.124. The highest BCUT2D eigenvalue weighted by molar-refractivity contribution is 5.89. The topological polar surface area (TPSA) is 64.6 Å². The number of hydrogen-bond donors (Lipinski definition) is 1. The number of amides is 1. The van der Waals surface area contributed by atoms with E-state index < -0.39 is 12.1 Å². The van der Waals surface area contributed by atoms with Gasteiger partial charge in [-0.3, -0.25) is 4.79 Å². The number of nitrogens with one attached hydrogen (secondary N) is 1. The number of ether oxygens (including phenoxy) is 2. The highest BCUT2D eigenvalue weighted by atomic mass is 16.6. The highest BCUT2D eigenvalue weighted by Crippen LogP contribution is 2.11. The third-order valence-electron chi connectivity index (χ3n) is 2.98. The standard InChI is InChI=1S/C13H23NO4/c1-8(2)11(12(15)9(3)4)14-13(16)18-10-5-6-17-7-10/h8-11H,5-7H2,1-4H3,(H,14,16)/t10-,11+/m1/s1. The van der Waals surface area contributed by atoms with E-state index in [1.807, 2.05) is 27.7 Å². The predicted molar refractivity (Wildman–Crippen MR) is 67.3 cm³/mol. The van der Waals surface area contributed by atoms with Crippen LogP contribution in [-0.4, -0.2) is 37.2 Å².